The van der Waals surface area contributed by atoms with Crippen LogP contribution in [0.25, 0.3) is 0 Å². The number of ether oxygens (including phenoxy) is 1. The normalized spacial score (nSPS) is 18.3. The van der Waals surface area contributed by atoms with Gasteiger partial charge in [0.15, 0.2) is 0 Å². The van der Waals surface area contributed by atoms with E-state index in [1.165, 1.54) is 16.8 Å². The number of benzene rings is 1. The molecule has 1 saturated heterocycles. The van der Waals surface area contributed by atoms with Crippen LogP contribution in [0.2, 0.25) is 0 Å². The number of fused-ring (bicyclic) bond motifs is 1. The zero-order chi connectivity index (χ0) is 18.5. The van der Waals surface area contributed by atoms with Crippen molar-refractivity contribution in [3.8, 4) is 0 Å². The van der Waals surface area contributed by atoms with Gasteiger partial charge in [-0.1, -0.05) is 12.1 Å². The molecule has 0 aliphatic carbocycles. The Morgan fingerprint density at radius 1 is 1.15 bits per heavy atom. The van der Waals surface area contributed by atoms with Crippen LogP contribution in [0, 0.1) is 0 Å². The standard InChI is InChI=1S/C19H28N4O3/c1-3-20-18(24)19(25)21-13-17(23-8-10-26-11-9-23)14-4-5-16-15(12-14)6-7-22(16)2/h4-5,12,17H,3,6-11,13H2,1-2H3,(H,20,24)(H,21,25). The molecule has 2 N–H and O–H groups in total. The molecule has 7 heteroatoms. The van der Waals surface area contributed by atoms with Crippen molar-refractivity contribution in [3.63, 3.8) is 0 Å². The van der Waals surface area contributed by atoms with Crippen LogP contribution in [0.5, 0.6) is 0 Å². The summed E-state index contributed by atoms with van der Waals surface area (Å²) in [6.07, 6.45) is 1.04. The third-order valence-electron chi connectivity index (χ3n) is 5.10. The summed E-state index contributed by atoms with van der Waals surface area (Å²) in [6, 6.07) is 6.58. The van der Waals surface area contributed by atoms with E-state index in [0.717, 1.165) is 26.1 Å². The van der Waals surface area contributed by atoms with Gasteiger partial charge in [-0.2, -0.15) is 0 Å². The lowest BCUT2D eigenvalue weighted by Gasteiger charge is -2.35. The Kier molecular flexibility index (Phi) is 6.11. The summed E-state index contributed by atoms with van der Waals surface area (Å²) in [7, 11) is 2.11. The van der Waals surface area contributed by atoms with E-state index in [1.807, 2.05) is 0 Å². The maximum Gasteiger partial charge on any atom is 0.309 e. The second-order valence-electron chi connectivity index (χ2n) is 6.79. The fourth-order valence-corrected chi connectivity index (χ4v) is 3.65. The van der Waals surface area contributed by atoms with Crippen LogP contribution >= 0.6 is 0 Å². The largest absolute Gasteiger partial charge is 0.379 e. The Labute approximate surface area is 154 Å². The first-order chi connectivity index (χ1) is 12.6. The number of nitrogens with one attached hydrogen (secondary N) is 2. The fraction of sp³-hybridized carbons (Fsp3) is 0.579. The number of anilines is 1. The Bertz CT molecular complexity index is 658. The van der Waals surface area contributed by atoms with E-state index < -0.39 is 11.8 Å². The number of hydrogen-bond acceptors (Lipinski definition) is 5. The monoisotopic (exact) mass is 360 g/mol. The van der Waals surface area contributed by atoms with Crippen molar-refractivity contribution in [2.75, 3.05) is 57.9 Å². The van der Waals surface area contributed by atoms with Gasteiger partial charge in [-0.05, 0) is 30.5 Å². The molecule has 0 radical (unpaired) electrons. The molecule has 2 heterocycles. The summed E-state index contributed by atoms with van der Waals surface area (Å²) < 4.78 is 5.47. The van der Waals surface area contributed by atoms with Crippen molar-refractivity contribution in [2.24, 2.45) is 0 Å². The summed E-state index contributed by atoms with van der Waals surface area (Å²) in [5, 5.41) is 5.33. The van der Waals surface area contributed by atoms with Gasteiger partial charge in [0.05, 0.1) is 19.3 Å². The lowest BCUT2D eigenvalue weighted by Crippen LogP contribution is -2.46. The molecule has 0 bridgehead atoms. The number of nitrogens with zero attached hydrogens (tertiary/aromatic N) is 2. The predicted octanol–water partition coefficient (Wildman–Crippen LogP) is 0.305. The first-order valence-corrected chi connectivity index (χ1v) is 9.32. The van der Waals surface area contributed by atoms with E-state index in [1.54, 1.807) is 6.92 Å². The van der Waals surface area contributed by atoms with Crippen LogP contribution in [0.4, 0.5) is 5.69 Å². The van der Waals surface area contributed by atoms with E-state index in [9.17, 15) is 9.59 Å². The number of carbonyl (C=O) groups excluding carboxylic acids is 2. The molecule has 0 aromatic heterocycles. The molecule has 3 rings (SSSR count). The molecule has 7 nitrogen and oxygen atoms in total. The second kappa shape index (κ2) is 8.51. The maximum absolute atomic E-state index is 12.0. The first-order valence-electron chi connectivity index (χ1n) is 9.32. The molecule has 0 saturated carbocycles. The molecular formula is C19H28N4O3. The zero-order valence-corrected chi connectivity index (χ0v) is 15.6. The van der Waals surface area contributed by atoms with E-state index in [2.05, 4.69) is 45.7 Å². The van der Waals surface area contributed by atoms with Crippen LogP contribution in [-0.4, -0.2) is 69.7 Å². The predicted molar refractivity (Wildman–Crippen MR) is 100 cm³/mol. The van der Waals surface area contributed by atoms with Gasteiger partial charge in [0, 0.05) is 45.5 Å². The minimum Gasteiger partial charge on any atom is -0.379 e. The van der Waals surface area contributed by atoms with E-state index in [-0.39, 0.29) is 6.04 Å². The average molecular weight is 360 g/mol. The van der Waals surface area contributed by atoms with Gasteiger partial charge >= 0.3 is 11.8 Å². The second-order valence-corrected chi connectivity index (χ2v) is 6.79. The lowest BCUT2D eigenvalue weighted by atomic mass is 10.0. The van der Waals surface area contributed by atoms with Gasteiger partial charge in [0.2, 0.25) is 0 Å². The van der Waals surface area contributed by atoms with Crippen molar-refractivity contribution in [3.05, 3.63) is 29.3 Å². The van der Waals surface area contributed by atoms with Gasteiger partial charge in [-0.3, -0.25) is 14.5 Å². The van der Waals surface area contributed by atoms with Gasteiger partial charge in [-0.15, -0.1) is 0 Å². The van der Waals surface area contributed by atoms with Crippen LogP contribution in [0.3, 0.4) is 0 Å². The minimum absolute atomic E-state index is 0.0356. The molecule has 142 valence electrons. The number of rotatable bonds is 5. The highest BCUT2D eigenvalue weighted by molar-refractivity contribution is 6.35. The third kappa shape index (κ3) is 4.16. The van der Waals surface area contributed by atoms with Gasteiger partial charge < -0.3 is 20.3 Å². The Morgan fingerprint density at radius 3 is 2.62 bits per heavy atom. The van der Waals surface area contributed by atoms with Crippen molar-refractivity contribution in [1.29, 1.82) is 0 Å². The smallest absolute Gasteiger partial charge is 0.309 e. The zero-order valence-electron chi connectivity index (χ0n) is 15.6. The van der Waals surface area contributed by atoms with Gasteiger partial charge in [-0.25, -0.2) is 0 Å². The summed E-state index contributed by atoms with van der Waals surface area (Å²) in [5.74, 6) is -1.16. The van der Waals surface area contributed by atoms with Crippen LogP contribution in [-0.2, 0) is 20.7 Å². The van der Waals surface area contributed by atoms with Crippen molar-refractivity contribution < 1.29 is 14.3 Å². The molecule has 1 aromatic carbocycles. The highest BCUT2D eigenvalue weighted by Gasteiger charge is 2.26. The summed E-state index contributed by atoms with van der Waals surface area (Å²) in [5.41, 5.74) is 3.80. The molecule has 2 aliphatic rings. The van der Waals surface area contributed by atoms with Crippen LogP contribution in [0.1, 0.15) is 24.1 Å². The average Bonchev–Trinajstić information content (AvgIpc) is 3.03. The third-order valence-corrected chi connectivity index (χ3v) is 5.10. The number of hydrogen-bond donors (Lipinski definition) is 2. The quantitative estimate of drug-likeness (QED) is 0.739. The SMILES string of the molecule is CCNC(=O)C(=O)NCC(c1ccc2c(c1)CCN2C)N1CCOCC1. The fourth-order valence-electron chi connectivity index (χ4n) is 3.65. The highest BCUT2D eigenvalue weighted by atomic mass is 16.5. The topological polar surface area (TPSA) is 73.9 Å². The van der Waals surface area contributed by atoms with Crippen molar-refractivity contribution >= 4 is 17.5 Å². The molecule has 26 heavy (non-hydrogen) atoms. The summed E-state index contributed by atoms with van der Waals surface area (Å²) >= 11 is 0. The van der Waals surface area contributed by atoms with Crippen LogP contribution in [0.15, 0.2) is 18.2 Å². The van der Waals surface area contributed by atoms with E-state index in [0.29, 0.717) is 26.3 Å². The van der Waals surface area contributed by atoms with Gasteiger partial charge in [0.25, 0.3) is 0 Å². The van der Waals surface area contributed by atoms with E-state index in [4.69, 9.17) is 4.74 Å². The van der Waals surface area contributed by atoms with E-state index >= 15 is 0 Å². The first kappa shape index (κ1) is 18.7. The Balaban J connectivity index is 1.75. The Morgan fingerprint density at radius 2 is 1.88 bits per heavy atom. The molecule has 2 aliphatic heterocycles. The van der Waals surface area contributed by atoms with Crippen molar-refractivity contribution in [2.45, 2.75) is 19.4 Å². The molecule has 1 atom stereocenters. The highest BCUT2D eigenvalue weighted by Crippen LogP contribution is 2.31. The molecule has 1 fully saturated rings. The Hall–Kier alpha value is -2.12. The summed E-state index contributed by atoms with van der Waals surface area (Å²) in [6.45, 7) is 6.69. The van der Waals surface area contributed by atoms with Crippen LogP contribution < -0.4 is 15.5 Å². The molecule has 0 spiro atoms. The maximum atomic E-state index is 12.0. The lowest BCUT2D eigenvalue weighted by molar-refractivity contribution is -0.139. The molecule has 2 amide bonds. The summed E-state index contributed by atoms with van der Waals surface area (Å²) in [4.78, 5) is 28.3. The number of carbonyl (C=O) groups is 2. The minimum atomic E-state index is -0.580. The van der Waals surface area contributed by atoms with Crippen molar-refractivity contribution in [1.82, 2.24) is 15.5 Å². The van der Waals surface area contributed by atoms with Gasteiger partial charge in [0.1, 0.15) is 0 Å². The molecule has 1 unspecified atom stereocenters. The molecule has 1 aromatic rings. The number of likely N-dealkylation sites (N-methyl/N-ethyl adjacent to an activating group) is 2. The molecular weight excluding hydrogens is 332 g/mol. The number of amides is 2. The number of morpholine rings is 1.